The lowest BCUT2D eigenvalue weighted by Gasteiger charge is -2.47. The SMILES string of the molecule is CNCC[n+]1cn2cc(C3=C(C(=O)[O-])N4C(=O)[C@H]([C@@H](C)O)[C@H]4[C@H]3C)sc2c1SC. The van der Waals surface area contributed by atoms with Crippen LogP contribution in [0.15, 0.2) is 23.2 Å². The summed E-state index contributed by atoms with van der Waals surface area (Å²) in [6.45, 7) is 5.18. The monoisotopic (exact) mass is 436 g/mol. The highest BCUT2D eigenvalue weighted by Crippen LogP contribution is 2.51. The fraction of sp³-hybridized carbons (Fsp3) is 0.526. The van der Waals surface area contributed by atoms with Crippen molar-refractivity contribution in [2.24, 2.45) is 11.8 Å². The first-order valence-corrected chi connectivity index (χ1v) is 11.6. The van der Waals surface area contributed by atoms with Crippen molar-refractivity contribution in [3.05, 3.63) is 23.1 Å². The number of imidazole rings is 1. The predicted octanol–water partition coefficient (Wildman–Crippen LogP) is -0.452. The molecule has 1 saturated heterocycles. The Morgan fingerprint density at radius 3 is 2.83 bits per heavy atom. The van der Waals surface area contributed by atoms with Gasteiger partial charge in [0.25, 0.3) is 6.33 Å². The van der Waals surface area contributed by atoms with Crippen LogP contribution in [0.1, 0.15) is 18.7 Å². The van der Waals surface area contributed by atoms with Gasteiger partial charge in [-0.3, -0.25) is 4.79 Å². The van der Waals surface area contributed by atoms with Crippen molar-refractivity contribution < 1.29 is 24.4 Å². The van der Waals surface area contributed by atoms with E-state index in [9.17, 15) is 19.8 Å². The van der Waals surface area contributed by atoms with Crippen LogP contribution in [0, 0.1) is 11.8 Å². The number of rotatable bonds is 7. The van der Waals surface area contributed by atoms with Gasteiger partial charge >= 0.3 is 0 Å². The number of amides is 1. The molecule has 10 heteroatoms. The van der Waals surface area contributed by atoms with Crippen molar-refractivity contribution in [1.29, 1.82) is 0 Å². The van der Waals surface area contributed by atoms with Crippen molar-refractivity contribution in [2.45, 2.75) is 37.6 Å². The first-order chi connectivity index (χ1) is 13.8. The van der Waals surface area contributed by atoms with Gasteiger partial charge in [0.15, 0.2) is 0 Å². The number of fused-ring (bicyclic) bond motifs is 2. The molecule has 2 aliphatic rings. The third-order valence-corrected chi connectivity index (χ3v) is 7.92. The first-order valence-electron chi connectivity index (χ1n) is 9.51. The van der Waals surface area contributed by atoms with E-state index < -0.39 is 18.0 Å². The number of nitrogens with zero attached hydrogens (tertiary/aromatic N) is 3. The molecule has 1 amide bonds. The minimum absolute atomic E-state index is 0.0531. The molecule has 0 spiro atoms. The number of thioether (sulfide) groups is 1. The van der Waals surface area contributed by atoms with Crippen molar-refractivity contribution in [2.75, 3.05) is 19.8 Å². The van der Waals surface area contributed by atoms with E-state index >= 15 is 0 Å². The van der Waals surface area contributed by atoms with Crippen molar-refractivity contribution in [3.63, 3.8) is 0 Å². The maximum atomic E-state index is 12.5. The Kier molecular flexibility index (Phi) is 5.22. The second-order valence-corrected chi connectivity index (χ2v) is 9.36. The summed E-state index contributed by atoms with van der Waals surface area (Å²) in [5.74, 6) is -2.46. The summed E-state index contributed by atoms with van der Waals surface area (Å²) in [6.07, 6.45) is 5.14. The van der Waals surface area contributed by atoms with E-state index in [4.69, 9.17) is 0 Å². The Labute approximate surface area is 176 Å². The van der Waals surface area contributed by atoms with Gasteiger partial charge in [-0.15, -0.1) is 0 Å². The number of hydrogen-bond donors (Lipinski definition) is 2. The van der Waals surface area contributed by atoms with Gasteiger partial charge in [-0.05, 0) is 20.2 Å². The van der Waals surface area contributed by atoms with Gasteiger partial charge in [0.1, 0.15) is 12.7 Å². The van der Waals surface area contributed by atoms with Gasteiger partial charge in [-0.25, -0.2) is 4.57 Å². The van der Waals surface area contributed by atoms with E-state index in [-0.39, 0.29) is 23.6 Å². The number of β-lactam (4-membered cyclic amide) rings is 1. The average molecular weight is 437 g/mol. The Balaban J connectivity index is 1.79. The lowest BCUT2D eigenvalue weighted by Crippen LogP contribution is -2.64. The zero-order valence-corrected chi connectivity index (χ0v) is 18.3. The Morgan fingerprint density at radius 2 is 2.24 bits per heavy atom. The summed E-state index contributed by atoms with van der Waals surface area (Å²) in [5, 5.41) is 26.2. The number of carboxylic acid groups (broad SMARTS) is 1. The zero-order chi connectivity index (χ0) is 21.0. The molecule has 2 aromatic rings. The number of carboxylic acids is 1. The number of hydrogen-bond acceptors (Lipinski definition) is 7. The van der Waals surface area contributed by atoms with Gasteiger partial charge in [0, 0.05) is 18.0 Å². The fourth-order valence-electron chi connectivity index (χ4n) is 4.54. The molecule has 0 aliphatic carbocycles. The standard InChI is InChI=1S/C19H24N4O4S2/c1-9-12(15(19(26)27)23-14(9)13(10(2)24)16(23)25)11-7-22-8-21(6-5-20-3)17(28-4)18(22)29-11/h7-10,13-14,20,24H,5-6H2,1-4H3/t9-,10+,13+,14+/m0/s1. The highest BCUT2D eigenvalue weighted by molar-refractivity contribution is 7.98. The summed E-state index contributed by atoms with van der Waals surface area (Å²) in [6, 6.07) is -0.340. The molecule has 29 heavy (non-hydrogen) atoms. The average Bonchev–Trinajstić information content (AvgIpc) is 3.26. The zero-order valence-electron chi connectivity index (χ0n) is 16.7. The van der Waals surface area contributed by atoms with Crippen LogP contribution in [0.2, 0.25) is 0 Å². The minimum Gasteiger partial charge on any atom is -0.543 e. The molecule has 0 saturated carbocycles. The van der Waals surface area contributed by atoms with E-state index in [1.165, 1.54) is 16.2 Å². The van der Waals surface area contributed by atoms with E-state index in [0.29, 0.717) is 5.57 Å². The van der Waals surface area contributed by atoms with Gasteiger partial charge in [-0.2, -0.15) is 4.40 Å². The minimum atomic E-state index is -1.35. The third kappa shape index (κ3) is 2.92. The number of aliphatic hydroxyl groups is 1. The van der Waals surface area contributed by atoms with Gasteiger partial charge < -0.3 is 25.2 Å². The Morgan fingerprint density at radius 1 is 1.52 bits per heavy atom. The van der Waals surface area contributed by atoms with Crippen LogP contribution < -0.4 is 15.0 Å². The smallest absolute Gasteiger partial charge is 0.250 e. The molecule has 2 aromatic heterocycles. The van der Waals surface area contributed by atoms with E-state index in [0.717, 1.165) is 27.8 Å². The lowest BCUT2D eigenvalue weighted by molar-refractivity contribution is -0.727. The molecule has 8 nitrogen and oxygen atoms in total. The number of nitrogens with one attached hydrogen (secondary N) is 1. The third-order valence-electron chi connectivity index (χ3n) is 5.83. The Hall–Kier alpha value is -1.88. The molecular weight excluding hydrogens is 412 g/mol. The molecular formula is C19H24N4O4S2. The van der Waals surface area contributed by atoms with Crippen molar-refractivity contribution in [3.8, 4) is 0 Å². The van der Waals surface area contributed by atoms with Crippen LogP contribution >= 0.6 is 23.1 Å². The molecule has 0 bridgehead atoms. The molecule has 1 fully saturated rings. The molecule has 2 N–H and O–H groups in total. The quantitative estimate of drug-likeness (QED) is 0.346. The highest BCUT2D eigenvalue weighted by Gasteiger charge is 2.59. The van der Waals surface area contributed by atoms with Gasteiger partial charge in [0.05, 0.1) is 34.6 Å². The summed E-state index contributed by atoms with van der Waals surface area (Å²) in [7, 11) is 1.91. The molecule has 0 radical (unpaired) electrons. The second kappa shape index (κ2) is 7.42. The fourth-order valence-corrected chi connectivity index (χ4v) is 6.74. The highest BCUT2D eigenvalue weighted by atomic mass is 32.2. The first kappa shape index (κ1) is 20.4. The van der Waals surface area contributed by atoms with Gasteiger partial charge in [0.2, 0.25) is 15.8 Å². The summed E-state index contributed by atoms with van der Waals surface area (Å²) < 4.78 is 4.18. The van der Waals surface area contributed by atoms with E-state index in [1.807, 2.05) is 37.2 Å². The summed E-state index contributed by atoms with van der Waals surface area (Å²) >= 11 is 3.17. The Bertz CT molecular complexity index is 1020. The van der Waals surface area contributed by atoms with Crippen LogP contribution in [-0.2, 0) is 16.1 Å². The van der Waals surface area contributed by atoms with E-state index in [2.05, 4.69) is 9.88 Å². The summed E-state index contributed by atoms with van der Waals surface area (Å²) in [5.41, 5.74) is 0.566. The van der Waals surface area contributed by atoms with Crippen LogP contribution in [0.3, 0.4) is 0 Å². The number of aromatic nitrogens is 2. The molecule has 4 rings (SSSR count). The predicted molar refractivity (Wildman–Crippen MR) is 108 cm³/mol. The van der Waals surface area contributed by atoms with Crippen molar-refractivity contribution in [1.82, 2.24) is 14.6 Å². The molecule has 4 atom stereocenters. The normalized spacial score (nSPS) is 24.9. The molecule has 4 heterocycles. The number of thiazole rings is 1. The molecule has 2 aliphatic heterocycles. The topological polar surface area (TPSA) is 101 Å². The van der Waals surface area contributed by atoms with Crippen molar-refractivity contribution >= 4 is 45.4 Å². The lowest BCUT2D eigenvalue weighted by atomic mass is 9.77. The maximum absolute atomic E-state index is 12.5. The molecule has 0 unspecified atom stereocenters. The number of likely N-dealkylation sites (N-methyl/N-ethyl adjacent to an activating group) is 1. The molecule has 156 valence electrons. The maximum Gasteiger partial charge on any atom is 0.250 e. The van der Waals surface area contributed by atoms with Crippen LogP contribution in [-0.4, -0.2) is 58.3 Å². The largest absolute Gasteiger partial charge is 0.543 e. The van der Waals surface area contributed by atoms with E-state index in [1.54, 1.807) is 18.7 Å². The number of aliphatic carboxylic acids is 1. The number of carbonyl (C=O) groups excluding carboxylic acids is 2. The van der Waals surface area contributed by atoms with Crippen LogP contribution in [0.25, 0.3) is 10.4 Å². The number of aliphatic hydroxyl groups excluding tert-OH is 1. The van der Waals surface area contributed by atoms with Gasteiger partial charge in [-0.1, -0.05) is 30.0 Å². The second-order valence-electron chi connectivity index (χ2n) is 7.53. The summed E-state index contributed by atoms with van der Waals surface area (Å²) in [4.78, 5) is 27.6. The van der Waals surface area contributed by atoms with Crippen LogP contribution in [0.4, 0.5) is 0 Å². The number of carbonyl (C=O) groups is 2. The molecule has 0 aromatic carbocycles. The van der Waals surface area contributed by atoms with Crippen LogP contribution in [0.5, 0.6) is 0 Å².